The molecule has 0 aliphatic heterocycles. The van der Waals surface area contributed by atoms with Crippen LogP contribution in [0.4, 0.5) is 0 Å². The summed E-state index contributed by atoms with van der Waals surface area (Å²) >= 11 is 0. The van der Waals surface area contributed by atoms with Crippen molar-refractivity contribution in [2.75, 3.05) is 13.7 Å². The second-order valence-electron chi connectivity index (χ2n) is 9.26. The number of hydrogen-bond acceptors (Lipinski definition) is 3. The van der Waals surface area contributed by atoms with Gasteiger partial charge in [-0.15, -0.1) is 0 Å². The van der Waals surface area contributed by atoms with Gasteiger partial charge in [0.2, 0.25) is 11.8 Å². The molecular formula is C20H34N2O3. The molecule has 142 valence electrons. The third-order valence-corrected chi connectivity index (χ3v) is 6.56. The summed E-state index contributed by atoms with van der Waals surface area (Å²) in [6.45, 7) is 6.37. The second kappa shape index (κ2) is 7.26. The summed E-state index contributed by atoms with van der Waals surface area (Å²) in [5.41, 5.74) is -0.208. The monoisotopic (exact) mass is 350 g/mol. The molecule has 0 aromatic rings. The highest BCUT2D eigenvalue weighted by molar-refractivity contribution is 5.90. The van der Waals surface area contributed by atoms with Crippen molar-refractivity contribution in [2.24, 2.45) is 29.1 Å². The SMILES string of the molecule is COCC(C)NC(=O)C(NC(=O)C12CC3CC(CC(C3)C1)C2)C(C)C. The first-order chi connectivity index (χ1) is 11.8. The summed E-state index contributed by atoms with van der Waals surface area (Å²) in [6, 6.07) is -0.532. The molecular weight excluding hydrogens is 316 g/mol. The zero-order valence-electron chi connectivity index (χ0n) is 16.1. The van der Waals surface area contributed by atoms with Gasteiger partial charge in [0.15, 0.2) is 0 Å². The van der Waals surface area contributed by atoms with Crippen LogP contribution in [0.2, 0.25) is 0 Å². The van der Waals surface area contributed by atoms with E-state index in [2.05, 4.69) is 10.6 Å². The van der Waals surface area contributed by atoms with Crippen molar-refractivity contribution in [3.63, 3.8) is 0 Å². The van der Waals surface area contributed by atoms with Gasteiger partial charge in [-0.25, -0.2) is 0 Å². The van der Waals surface area contributed by atoms with Crippen molar-refractivity contribution in [3.05, 3.63) is 0 Å². The molecule has 4 saturated carbocycles. The Balaban J connectivity index is 1.66. The topological polar surface area (TPSA) is 67.4 Å². The van der Waals surface area contributed by atoms with Crippen LogP contribution in [0.25, 0.3) is 0 Å². The maximum Gasteiger partial charge on any atom is 0.243 e. The Labute approximate surface area is 151 Å². The van der Waals surface area contributed by atoms with E-state index < -0.39 is 6.04 Å². The van der Waals surface area contributed by atoms with Crippen LogP contribution in [0, 0.1) is 29.1 Å². The standard InChI is InChI=1S/C20H34N2O3/c1-12(2)17(18(23)21-13(3)11-25-4)22-19(24)20-8-14-5-15(9-20)7-16(6-14)10-20/h12-17H,5-11H2,1-4H3,(H,21,23)(H,22,24). The maximum atomic E-state index is 13.2. The molecule has 25 heavy (non-hydrogen) atoms. The first kappa shape index (κ1) is 18.7. The van der Waals surface area contributed by atoms with E-state index >= 15 is 0 Å². The number of nitrogens with one attached hydrogen (secondary N) is 2. The van der Waals surface area contributed by atoms with Crippen molar-refractivity contribution < 1.29 is 14.3 Å². The largest absolute Gasteiger partial charge is 0.383 e. The van der Waals surface area contributed by atoms with Gasteiger partial charge >= 0.3 is 0 Å². The third-order valence-electron chi connectivity index (χ3n) is 6.56. The van der Waals surface area contributed by atoms with E-state index in [0.717, 1.165) is 37.0 Å². The van der Waals surface area contributed by atoms with Gasteiger partial charge in [-0.05, 0) is 69.1 Å². The lowest BCUT2D eigenvalue weighted by Gasteiger charge is -2.55. The van der Waals surface area contributed by atoms with E-state index in [-0.39, 0.29) is 29.2 Å². The predicted octanol–water partition coefficient (Wildman–Crippen LogP) is 2.49. The van der Waals surface area contributed by atoms with E-state index in [0.29, 0.717) is 6.61 Å². The molecule has 0 spiro atoms. The lowest BCUT2D eigenvalue weighted by molar-refractivity contribution is -0.149. The quantitative estimate of drug-likeness (QED) is 0.741. The molecule has 2 unspecified atom stereocenters. The summed E-state index contributed by atoms with van der Waals surface area (Å²) in [7, 11) is 1.62. The fourth-order valence-corrected chi connectivity index (χ4v) is 5.84. The van der Waals surface area contributed by atoms with Crippen molar-refractivity contribution in [3.8, 4) is 0 Å². The Morgan fingerprint density at radius 3 is 1.96 bits per heavy atom. The molecule has 2 amide bonds. The van der Waals surface area contributed by atoms with Gasteiger partial charge in [-0.1, -0.05) is 13.8 Å². The van der Waals surface area contributed by atoms with Gasteiger partial charge in [-0.3, -0.25) is 9.59 Å². The molecule has 0 radical (unpaired) electrons. The van der Waals surface area contributed by atoms with Gasteiger partial charge in [0.25, 0.3) is 0 Å². The lowest BCUT2D eigenvalue weighted by atomic mass is 9.49. The molecule has 4 fully saturated rings. The molecule has 0 aromatic carbocycles. The Kier molecular flexibility index (Phi) is 5.42. The van der Waals surface area contributed by atoms with Crippen LogP contribution >= 0.6 is 0 Å². The predicted molar refractivity (Wildman–Crippen MR) is 96.9 cm³/mol. The normalized spacial score (nSPS) is 35.5. The third kappa shape index (κ3) is 3.86. The first-order valence-corrected chi connectivity index (χ1v) is 9.93. The zero-order chi connectivity index (χ0) is 18.2. The summed E-state index contributed by atoms with van der Waals surface area (Å²) in [6.07, 6.45) is 7.02. The van der Waals surface area contributed by atoms with Gasteiger partial charge in [0, 0.05) is 18.6 Å². The van der Waals surface area contributed by atoms with Gasteiger partial charge in [0.05, 0.1) is 6.61 Å². The minimum Gasteiger partial charge on any atom is -0.383 e. The molecule has 2 N–H and O–H groups in total. The average molecular weight is 351 g/mol. The van der Waals surface area contributed by atoms with Crippen LogP contribution in [0.3, 0.4) is 0 Å². The van der Waals surface area contributed by atoms with Gasteiger partial charge < -0.3 is 15.4 Å². The zero-order valence-corrected chi connectivity index (χ0v) is 16.1. The minimum atomic E-state index is -0.472. The summed E-state index contributed by atoms with van der Waals surface area (Å²) in [4.78, 5) is 25.9. The minimum absolute atomic E-state index is 0.0600. The number of carbonyl (C=O) groups excluding carboxylic acids is 2. The fraction of sp³-hybridized carbons (Fsp3) is 0.900. The number of ether oxygens (including phenoxy) is 1. The molecule has 4 rings (SSSR count). The maximum absolute atomic E-state index is 13.2. The Morgan fingerprint density at radius 2 is 1.52 bits per heavy atom. The van der Waals surface area contributed by atoms with Gasteiger partial charge in [0.1, 0.15) is 6.04 Å². The molecule has 2 atom stereocenters. The number of methoxy groups -OCH3 is 1. The number of carbonyl (C=O) groups is 2. The van der Waals surface area contributed by atoms with Crippen LogP contribution in [0.1, 0.15) is 59.3 Å². The van der Waals surface area contributed by atoms with Crippen molar-refractivity contribution >= 4 is 11.8 Å². The number of amides is 2. The smallest absolute Gasteiger partial charge is 0.243 e. The fourth-order valence-electron chi connectivity index (χ4n) is 5.84. The van der Waals surface area contributed by atoms with E-state index in [1.54, 1.807) is 7.11 Å². The molecule has 5 heteroatoms. The van der Waals surface area contributed by atoms with Crippen molar-refractivity contribution in [1.82, 2.24) is 10.6 Å². The molecule has 0 saturated heterocycles. The summed E-state index contributed by atoms with van der Waals surface area (Å²) < 4.78 is 5.09. The van der Waals surface area contributed by atoms with E-state index in [9.17, 15) is 9.59 Å². The average Bonchev–Trinajstić information content (AvgIpc) is 2.50. The Morgan fingerprint density at radius 1 is 1.00 bits per heavy atom. The Hall–Kier alpha value is -1.10. The first-order valence-electron chi connectivity index (χ1n) is 9.93. The molecule has 0 heterocycles. The van der Waals surface area contributed by atoms with Crippen molar-refractivity contribution in [1.29, 1.82) is 0 Å². The van der Waals surface area contributed by atoms with E-state index in [1.807, 2.05) is 20.8 Å². The highest BCUT2D eigenvalue weighted by atomic mass is 16.5. The van der Waals surface area contributed by atoms with Crippen LogP contribution in [-0.4, -0.2) is 37.6 Å². The number of hydrogen-bond donors (Lipinski definition) is 2. The summed E-state index contributed by atoms with van der Waals surface area (Å²) in [5.74, 6) is 2.27. The molecule has 4 bridgehead atoms. The Bertz CT molecular complexity index is 482. The second-order valence-corrected chi connectivity index (χ2v) is 9.26. The van der Waals surface area contributed by atoms with Crippen LogP contribution in [0.15, 0.2) is 0 Å². The van der Waals surface area contributed by atoms with Crippen LogP contribution in [0.5, 0.6) is 0 Å². The molecule has 4 aliphatic carbocycles. The molecule has 4 aliphatic rings. The number of rotatable bonds is 7. The highest BCUT2D eigenvalue weighted by Crippen LogP contribution is 2.60. The van der Waals surface area contributed by atoms with E-state index in [1.165, 1.54) is 19.3 Å². The van der Waals surface area contributed by atoms with Gasteiger partial charge in [-0.2, -0.15) is 0 Å². The van der Waals surface area contributed by atoms with E-state index in [4.69, 9.17) is 4.74 Å². The molecule has 0 aromatic heterocycles. The van der Waals surface area contributed by atoms with Crippen LogP contribution < -0.4 is 10.6 Å². The summed E-state index contributed by atoms with van der Waals surface area (Å²) in [5, 5.41) is 6.09. The lowest BCUT2D eigenvalue weighted by Crippen LogP contribution is -2.59. The van der Waals surface area contributed by atoms with Crippen molar-refractivity contribution in [2.45, 2.75) is 71.4 Å². The van der Waals surface area contributed by atoms with Crippen LogP contribution in [-0.2, 0) is 14.3 Å². The molecule has 5 nitrogen and oxygen atoms in total. The highest BCUT2D eigenvalue weighted by Gasteiger charge is 2.55.